The van der Waals surface area contributed by atoms with Gasteiger partial charge in [-0.3, -0.25) is 9.59 Å². The van der Waals surface area contributed by atoms with Gasteiger partial charge >= 0.3 is 0 Å². The third kappa shape index (κ3) is 3.82. The number of hydrogen-bond donors (Lipinski definition) is 1. The smallest absolute Gasteiger partial charge is 0.266 e. The molecule has 1 atom stereocenters. The lowest BCUT2D eigenvalue weighted by Gasteiger charge is -2.14. The summed E-state index contributed by atoms with van der Waals surface area (Å²) in [5.41, 5.74) is 1.14. The van der Waals surface area contributed by atoms with E-state index in [0.717, 1.165) is 5.56 Å². The number of amides is 1. The zero-order valence-corrected chi connectivity index (χ0v) is 14.0. The van der Waals surface area contributed by atoms with Gasteiger partial charge in [0.1, 0.15) is 11.5 Å². The molecule has 0 saturated carbocycles. The Morgan fingerprint density at radius 3 is 2.84 bits per heavy atom. The minimum Gasteiger partial charge on any atom is -0.463 e. The topological polar surface area (TPSA) is 90.0 Å². The molecule has 0 aromatic carbocycles. The molecule has 1 N–H and O–H groups in total. The Balaban J connectivity index is 1.75. The van der Waals surface area contributed by atoms with E-state index in [1.165, 1.54) is 17.0 Å². The van der Waals surface area contributed by atoms with Crippen molar-refractivity contribution in [1.29, 1.82) is 0 Å². The second kappa shape index (κ2) is 7.12. The van der Waals surface area contributed by atoms with Gasteiger partial charge < -0.3 is 9.73 Å². The third-order valence-corrected chi connectivity index (χ3v) is 3.79. The van der Waals surface area contributed by atoms with E-state index in [1.807, 2.05) is 13.0 Å². The number of aromatic nitrogens is 3. The summed E-state index contributed by atoms with van der Waals surface area (Å²) in [5.74, 6) is 0.399. The Labute approximate surface area is 144 Å². The molecule has 128 valence electrons. The number of aryl methyl sites for hydroxylation is 1. The highest BCUT2D eigenvalue weighted by Crippen LogP contribution is 2.16. The molecular formula is C18H18N4O3. The molecule has 0 aliphatic rings. The molecule has 7 nitrogen and oxygen atoms in total. The summed E-state index contributed by atoms with van der Waals surface area (Å²) in [7, 11) is 0. The molecule has 3 aromatic heterocycles. The molecule has 0 saturated heterocycles. The van der Waals surface area contributed by atoms with Gasteiger partial charge in [-0.15, -0.1) is 0 Å². The lowest BCUT2D eigenvalue weighted by Crippen LogP contribution is -2.31. The van der Waals surface area contributed by atoms with Crippen molar-refractivity contribution in [2.75, 3.05) is 5.32 Å². The third-order valence-electron chi connectivity index (χ3n) is 3.79. The van der Waals surface area contributed by atoms with Crippen LogP contribution in [0.4, 0.5) is 5.82 Å². The van der Waals surface area contributed by atoms with Gasteiger partial charge in [-0.1, -0.05) is 13.0 Å². The van der Waals surface area contributed by atoms with Crippen LogP contribution < -0.4 is 10.9 Å². The maximum absolute atomic E-state index is 12.4. The summed E-state index contributed by atoms with van der Waals surface area (Å²) in [6.45, 7) is 3.76. The van der Waals surface area contributed by atoms with Crippen molar-refractivity contribution >= 4 is 11.7 Å². The molecule has 0 aliphatic heterocycles. The molecule has 0 bridgehead atoms. The molecule has 0 aliphatic carbocycles. The highest BCUT2D eigenvalue weighted by molar-refractivity contribution is 5.91. The Kier molecular flexibility index (Phi) is 4.74. The highest BCUT2D eigenvalue weighted by atomic mass is 16.3. The number of nitrogens with zero attached hydrogens (tertiary/aromatic N) is 3. The van der Waals surface area contributed by atoms with Gasteiger partial charge in [-0.05, 0) is 36.8 Å². The number of hydrogen-bond acceptors (Lipinski definition) is 5. The molecule has 0 unspecified atom stereocenters. The fraction of sp³-hybridized carbons (Fsp3) is 0.222. The van der Waals surface area contributed by atoms with Crippen molar-refractivity contribution in [1.82, 2.24) is 14.8 Å². The number of nitrogens with one attached hydrogen (secondary N) is 1. The van der Waals surface area contributed by atoms with E-state index < -0.39 is 5.92 Å². The van der Waals surface area contributed by atoms with Gasteiger partial charge in [0.25, 0.3) is 5.56 Å². The number of furan rings is 1. The second-order valence-electron chi connectivity index (χ2n) is 5.78. The summed E-state index contributed by atoms with van der Waals surface area (Å²) in [5, 5.41) is 7.06. The van der Waals surface area contributed by atoms with Crippen LogP contribution in [0, 0.1) is 12.8 Å². The fourth-order valence-electron chi connectivity index (χ4n) is 2.33. The Morgan fingerprint density at radius 2 is 2.12 bits per heavy atom. The van der Waals surface area contributed by atoms with Gasteiger partial charge in [0.15, 0.2) is 5.76 Å². The van der Waals surface area contributed by atoms with Crippen molar-refractivity contribution in [3.8, 4) is 11.5 Å². The number of rotatable bonds is 5. The number of carbonyl (C=O) groups is 1. The number of anilines is 1. The molecule has 3 rings (SSSR count). The van der Waals surface area contributed by atoms with E-state index in [2.05, 4.69) is 15.4 Å². The summed E-state index contributed by atoms with van der Waals surface area (Å²) >= 11 is 0. The first kappa shape index (κ1) is 16.6. The average molecular weight is 338 g/mol. The lowest BCUT2D eigenvalue weighted by molar-refractivity contribution is -0.119. The molecule has 7 heteroatoms. The zero-order chi connectivity index (χ0) is 17.8. The van der Waals surface area contributed by atoms with Crippen LogP contribution in [-0.4, -0.2) is 20.7 Å². The lowest BCUT2D eigenvalue weighted by atomic mass is 10.1. The van der Waals surface area contributed by atoms with E-state index >= 15 is 0 Å². The van der Waals surface area contributed by atoms with E-state index in [9.17, 15) is 9.59 Å². The minimum absolute atomic E-state index is 0.158. The molecular weight excluding hydrogens is 320 g/mol. The Bertz CT molecular complexity index is 931. The van der Waals surface area contributed by atoms with E-state index in [1.54, 1.807) is 37.4 Å². The van der Waals surface area contributed by atoms with Crippen LogP contribution in [0.2, 0.25) is 0 Å². The van der Waals surface area contributed by atoms with Gasteiger partial charge in [-0.2, -0.15) is 5.10 Å². The van der Waals surface area contributed by atoms with E-state index in [4.69, 9.17) is 4.42 Å². The maximum Gasteiger partial charge on any atom is 0.266 e. The van der Waals surface area contributed by atoms with Crippen LogP contribution in [0.25, 0.3) is 11.5 Å². The van der Waals surface area contributed by atoms with Crippen LogP contribution in [-0.2, 0) is 11.3 Å². The van der Waals surface area contributed by atoms with E-state index in [0.29, 0.717) is 17.3 Å². The Hall–Kier alpha value is -3.22. The van der Waals surface area contributed by atoms with Crippen LogP contribution in [0.15, 0.2) is 58.1 Å². The van der Waals surface area contributed by atoms with Crippen molar-refractivity contribution in [2.45, 2.75) is 20.4 Å². The van der Waals surface area contributed by atoms with Crippen LogP contribution in [0.3, 0.4) is 0 Å². The van der Waals surface area contributed by atoms with Gasteiger partial charge in [0.05, 0.1) is 18.7 Å². The second-order valence-corrected chi connectivity index (χ2v) is 5.78. The van der Waals surface area contributed by atoms with Crippen molar-refractivity contribution in [3.63, 3.8) is 0 Å². The van der Waals surface area contributed by atoms with Gasteiger partial charge in [0.2, 0.25) is 5.91 Å². The zero-order valence-electron chi connectivity index (χ0n) is 14.0. The number of pyridine rings is 1. The Morgan fingerprint density at radius 1 is 1.28 bits per heavy atom. The molecule has 0 radical (unpaired) electrons. The molecule has 0 fully saturated rings. The SMILES string of the molecule is Cc1cccnc1NC(=O)[C@@H](C)Cn1nc(-c2ccco2)ccc1=O. The summed E-state index contributed by atoms with van der Waals surface area (Å²) in [6, 6.07) is 10.2. The maximum atomic E-state index is 12.4. The average Bonchev–Trinajstić information content (AvgIpc) is 3.13. The van der Waals surface area contributed by atoms with Crippen molar-refractivity contribution < 1.29 is 9.21 Å². The quantitative estimate of drug-likeness (QED) is 0.772. The van der Waals surface area contributed by atoms with Crippen molar-refractivity contribution in [2.24, 2.45) is 5.92 Å². The normalized spacial score (nSPS) is 11.9. The first-order chi connectivity index (χ1) is 12.0. The standard InChI is InChI=1S/C18H18N4O3/c1-12-5-3-9-19-17(12)20-18(24)13(2)11-22-16(23)8-7-14(21-22)15-6-4-10-25-15/h3-10,13H,11H2,1-2H3,(H,19,20,24)/t13-/m0/s1. The molecule has 1 amide bonds. The predicted octanol–water partition coefficient (Wildman–Crippen LogP) is 2.48. The molecule has 3 aromatic rings. The first-order valence-corrected chi connectivity index (χ1v) is 7.89. The largest absolute Gasteiger partial charge is 0.463 e. The molecule has 3 heterocycles. The van der Waals surface area contributed by atoms with Crippen LogP contribution in [0.1, 0.15) is 12.5 Å². The minimum atomic E-state index is -0.460. The van der Waals surface area contributed by atoms with Gasteiger partial charge in [0, 0.05) is 12.3 Å². The summed E-state index contributed by atoms with van der Waals surface area (Å²) < 4.78 is 6.56. The monoisotopic (exact) mass is 338 g/mol. The fourth-order valence-corrected chi connectivity index (χ4v) is 2.33. The van der Waals surface area contributed by atoms with Crippen LogP contribution in [0.5, 0.6) is 0 Å². The van der Waals surface area contributed by atoms with E-state index in [-0.39, 0.29) is 18.0 Å². The summed E-state index contributed by atoms with van der Waals surface area (Å²) in [6.07, 6.45) is 3.16. The number of carbonyl (C=O) groups excluding carboxylic acids is 1. The van der Waals surface area contributed by atoms with Crippen LogP contribution >= 0.6 is 0 Å². The first-order valence-electron chi connectivity index (χ1n) is 7.89. The summed E-state index contributed by atoms with van der Waals surface area (Å²) in [4.78, 5) is 28.6. The predicted molar refractivity (Wildman–Crippen MR) is 93.0 cm³/mol. The molecule has 25 heavy (non-hydrogen) atoms. The van der Waals surface area contributed by atoms with Gasteiger partial charge in [-0.25, -0.2) is 9.67 Å². The van der Waals surface area contributed by atoms with Crippen molar-refractivity contribution in [3.05, 3.63) is 64.8 Å². The highest BCUT2D eigenvalue weighted by Gasteiger charge is 2.17. The molecule has 0 spiro atoms.